The third-order valence-corrected chi connectivity index (χ3v) is 7.19. The Bertz CT molecular complexity index is 201. The van der Waals surface area contributed by atoms with Crippen LogP contribution in [-0.2, 0) is 9.55 Å². The number of thiol groups is 1. The maximum atomic E-state index is 11.6. The van der Waals surface area contributed by atoms with E-state index in [0.717, 1.165) is 0 Å². The number of rotatable bonds is 1. The lowest BCUT2D eigenvalue weighted by molar-refractivity contribution is 0.648. The van der Waals surface area contributed by atoms with E-state index in [9.17, 15) is 4.21 Å². The highest BCUT2D eigenvalue weighted by Crippen LogP contribution is 2.30. The van der Waals surface area contributed by atoms with Gasteiger partial charge in [0.1, 0.15) is 0 Å². The molecule has 10 heavy (non-hydrogen) atoms. The van der Waals surface area contributed by atoms with Crippen LogP contribution in [0.25, 0.3) is 0 Å². The zero-order valence-corrected chi connectivity index (χ0v) is 8.64. The van der Waals surface area contributed by atoms with Crippen LogP contribution in [0.4, 0.5) is 0 Å². The van der Waals surface area contributed by atoms with Crippen molar-refractivity contribution in [2.45, 2.75) is 25.5 Å². The summed E-state index contributed by atoms with van der Waals surface area (Å²) < 4.78 is 11.3. The van der Waals surface area contributed by atoms with E-state index in [1.165, 1.54) is 0 Å². The van der Waals surface area contributed by atoms with Crippen molar-refractivity contribution in [1.29, 1.82) is 5.26 Å². The monoisotopic (exact) mass is 179 g/mol. The molecule has 0 amide bonds. The van der Waals surface area contributed by atoms with Crippen LogP contribution >= 0.6 is 8.44 Å². The summed E-state index contributed by atoms with van der Waals surface area (Å²) in [6.45, 7) is 5.66. The molecule has 2 nitrogen and oxygen atoms in total. The van der Waals surface area contributed by atoms with Gasteiger partial charge in [-0.15, -0.1) is 0 Å². The summed E-state index contributed by atoms with van der Waals surface area (Å²) in [5.41, 5.74) is 0. The van der Waals surface area contributed by atoms with Gasteiger partial charge in [0.2, 0.25) is 0 Å². The topological polar surface area (TPSA) is 40.9 Å². The van der Waals surface area contributed by atoms with Gasteiger partial charge in [-0.2, -0.15) is 5.26 Å². The molecule has 0 aliphatic carbocycles. The first kappa shape index (κ1) is 10.1. The smallest absolute Gasteiger partial charge is 0.0919 e. The van der Waals surface area contributed by atoms with Crippen LogP contribution in [0.1, 0.15) is 20.8 Å². The first-order valence-electron chi connectivity index (χ1n) is 3.06. The van der Waals surface area contributed by atoms with Crippen molar-refractivity contribution >= 4 is 18.0 Å². The van der Waals surface area contributed by atoms with E-state index in [0.29, 0.717) is 0 Å². The molecule has 1 unspecified atom stereocenters. The lowest BCUT2D eigenvalue weighted by atomic mass is 10.3. The van der Waals surface area contributed by atoms with Gasteiger partial charge in [0.05, 0.1) is 11.8 Å². The second-order valence-electron chi connectivity index (χ2n) is 3.28. The maximum Gasteiger partial charge on any atom is 0.0919 e. The van der Waals surface area contributed by atoms with Crippen LogP contribution in [0.5, 0.6) is 0 Å². The van der Waals surface area contributed by atoms with E-state index in [-0.39, 0.29) is 10.5 Å². The van der Waals surface area contributed by atoms with E-state index in [1.54, 1.807) is 0 Å². The van der Waals surface area contributed by atoms with Gasteiger partial charge in [-0.25, -0.2) is 0 Å². The van der Waals surface area contributed by atoms with Gasteiger partial charge in [-0.1, -0.05) is 38.8 Å². The molecule has 0 radical (unpaired) electrons. The summed E-state index contributed by atoms with van der Waals surface area (Å²) in [7, 11) is -0.00566. The lowest BCUT2D eigenvalue weighted by Gasteiger charge is -2.30. The molecule has 1 atom stereocenters. The minimum absolute atomic E-state index is 0.154. The summed E-state index contributed by atoms with van der Waals surface area (Å²) in [6.07, 6.45) is 0. The highest BCUT2D eigenvalue weighted by atomic mass is 32.8. The minimum Gasteiger partial charge on any atom is -0.280 e. The van der Waals surface area contributed by atoms with E-state index < -0.39 is 9.55 Å². The Morgan fingerprint density at radius 3 is 2.10 bits per heavy atom. The predicted molar refractivity (Wildman–Crippen MR) is 49.5 cm³/mol. The molecule has 0 fully saturated rings. The second kappa shape index (κ2) is 2.98. The zero-order chi connectivity index (χ0) is 8.41. The van der Waals surface area contributed by atoms with E-state index in [2.05, 4.69) is 8.44 Å². The molecule has 60 valence electrons. The fourth-order valence-corrected chi connectivity index (χ4v) is 1.27. The molecule has 0 heterocycles. The van der Waals surface area contributed by atoms with E-state index >= 15 is 0 Å². The largest absolute Gasteiger partial charge is 0.280 e. The molecule has 0 aliphatic rings. The quantitative estimate of drug-likeness (QED) is 0.484. The highest BCUT2D eigenvalue weighted by molar-refractivity contribution is 8.46. The lowest BCUT2D eigenvalue weighted by Crippen LogP contribution is -2.31. The van der Waals surface area contributed by atoms with Gasteiger partial charge in [-0.05, 0) is 0 Å². The molecule has 0 spiro atoms. The maximum absolute atomic E-state index is 11.6. The van der Waals surface area contributed by atoms with Gasteiger partial charge in [0.15, 0.2) is 0 Å². The van der Waals surface area contributed by atoms with Gasteiger partial charge in [0, 0.05) is 4.75 Å². The fraction of sp³-hybridized carbons (Fsp3) is 0.833. The predicted octanol–water partition coefficient (Wildman–Crippen LogP) is 1.12. The van der Waals surface area contributed by atoms with Crippen LogP contribution in [0, 0.1) is 11.3 Å². The molecule has 0 rings (SSSR count). The number of nitrogens with zero attached hydrogens (tertiary/aromatic N) is 1. The molecule has 0 N–H and O–H groups in total. The summed E-state index contributed by atoms with van der Waals surface area (Å²) in [6, 6.07) is 1.93. The first-order chi connectivity index (χ1) is 4.31. The van der Waals surface area contributed by atoms with Crippen molar-refractivity contribution in [3.63, 3.8) is 0 Å². The Hall–Kier alpha value is 0.0700. The standard InChI is InChI=1S/C6H14NOPS/c1-6(2,3)10(8,9)5-4-7/h10H,5,9H2,1-3H3. The van der Waals surface area contributed by atoms with Gasteiger partial charge < -0.3 is 0 Å². The molecule has 0 aromatic heterocycles. The Morgan fingerprint density at radius 1 is 1.60 bits per heavy atom. The van der Waals surface area contributed by atoms with E-state index in [4.69, 9.17) is 5.26 Å². The normalized spacial score (nSPS) is 14.3. The molecule has 4 heteroatoms. The Morgan fingerprint density at radius 2 is 2.00 bits per heavy atom. The van der Waals surface area contributed by atoms with Crippen molar-refractivity contribution < 1.29 is 4.21 Å². The van der Waals surface area contributed by atoms with Crippen LogP contribution in [0.15, 0.2) is 0 Å². The molecule has 0 bridgehead atoms. The molecule has 0 aromatic carbocycles. The summed E-state index contributed by atoms with van der Waals surface area (Å²) >= 11 is 0. The summed E-state index contributed by atoms with van der Waals surface area (Å²) in [5, 5.41) is 8.33. The van der Waals surface area contributed by atoms with Crippen LogP contribution in [-0.4, -0.2) is 14.7 Å². The molecular weight excluding hydrogens is 165 g/mol. The van der Waals surface area contributed by atoms with Crippen molar-refractivity contribution in [3.8, 4) is 6.07 Å². The van der Waals surface area contributed by atoms with Gasteiger partial charge in [0.25, 0.3) is 0 Å². The van der Waals surface area contributed by atoms with Crippen molar-refractivity contribution in [2.24, 2.45) is 0 Å². The van der Waals surface area contributed by atoms with Crippen LogP contribution in [0.3, 0.4) is 0 Å². The van der Waals surface area contributed by atoms with Crippen LogP contribution in [0.2, 0.25) is 0 Å². The average molecular weight is 179 g/mol. The fourth-order valence-electron chi connectivity index (χ4n) is 0.342. The minimum atomic E-state index is -2.32. The SMILES string of the molecule is CC(C)(C)[SH](=O)(P)CC#N. The third-order valence-electron chi connectivity index (χ3n) is 1.44. The van der Waals surface area contributed by atoms with Crippen molar-refractivity contribution in [2.75, 3.05) is 5.75 Å². The van der Waals surface area contributed by atoms with Gasteiger partial charge in [-0.3, -0.25) is 4.21 Å². The Balaban J connectivity index is 4.46. The van der Waals surface area contributed by atoms with Crippen molar-refractivity contribution in [1.82, 2.24) is 0 Å². The van der Waals surface area contributed by atoms with E-state index in [1.807, 2.05) is 26.8 Å². The van der Waals surface area contributed by atoms with Crippen LogP contribution < -0.4 is 0 Å². The average Bonchev–Trinajstić information content (AvgIpc) is 1.61. The Kier molecular flexibility index (Phi) is 3.00. The first-order valence-corrected chi connectivity index (χ1v) is 6.57. The van der Waals surface area contributed by atoms with Crippen molar-refractivity contribution in [3.05, 3.63) is 0 Å². The zero-order valence-electron chi connectivity index (χ0n) is 6.59. The molecule has 0 aromatic rings. The highest BCUT2D eigenvalue weighted by Gasteiger charge is 2.25. The number of hydrogen-bond donors (Lipinski definition) is 1. The molecular formula is C6H14NOPS. The summed E-state index contributed by atoms with van der Waals surface area (Å²) in [4.78, 5) is 0. The second-order valence-corrected chi connectivity index (χ2v) is 9.03. The molecule has 0 aliphatic heterocycles. The summed E-state index contributed by atoms with van der Waals surface area (Å²) in [5.74, 6) is 0.154. The molecule has 0 saturated heterocycles. The number of nitriles is 1. The Labute approximate surface area is 65.4 Å². The number of hydrogen-bond acceptors (Lipinski definition) is 2. The van der Waals surface area contributed by atoms with Gasteiger partial charge >= 0.3 is 0 Å². The molecule has 0 saturated carbocycles. The third kappa shape index (κ3) is 2.36.